The molecule has 2 saturated heterocycles. The van der Waals surface area contributed by atoms with Gasteiger partial charge in [-0.2, -0.15) is 0 Å². The average Bonchev–Trinajstić information content (AvgIpc) is 3.48. The predicted octanol–water partition coefficient (Wildman–Crippen LogP) is 3.49. The van der Waals surface area contributed by atoms with E-state index in [-0.39, 0.29) is 13.0 Å². The van der Waals surface area contributed by atoms with E-state index < -0.39 is 58.4 Å². The van der Waals surface area contributed by atoms with Crippen LogP contribution in [0.15, 0.2) is 48.5 Å². The lowest BCUT2D eigenvalue weighted by molar-refractivity contribution is -0.114. The van der Waals surface area contributed by atoms with Gasteiger partial charge in [-0.15, -0.1) is 0 Å². The number of carbonyl (C=O) groups is 1. The molecule has 6 nitrogen and oxygen atoms in total. The summed E-state index contributed by atoms with van der Waals surface area (Å²) in [7, 11) is -3.62. The third kappa shape index (κ3) is 4.29. The van der Waals surface area contributed by atoms with E-state index in [0.29, 0.717) is 29.5 Å². The second-order valence-electron chi connectivity index (χ2n) is 9.77. The van der Waals surface area contributed by atoms with Crippen molar-refractivity contribution < 1.29 is 26.4 Å². The van der Waals surface area contributed by atoms with Crippen LogP contribution in [0.3, 0.4) is 0 Å². The fourth-order valence-corrected chi connectivity index (χ4v) is 6.15. The molecule has 2 aliphatic heterocycles. The molecule has 0 bridgehead atoms. The fourth-order valence-electron chi connectivity index (χ4n) is 5.28. The summed E-state index contributed by atoms with van der Waals surface area (Å²) in [6.07, 6.45) is 2.54. The minimum atomic E-state index is -3.62. The Morgan fingerprint density at radius 2 is 1.74 bits per heavy atom. The maximum atomic E-state index is 15.6. The molecular weight excluding hydrogens is 467 g/mol. The number of benzene rings is 2. The molecule has 3 fully saturated rings. The van der Waals surface area contributed by atoms with Crippen molar-refractivity contribution in [3.8, 4) is 11.1 Å². The number of likely N-dealkylation sites (tertiary alicyclic amines) is 2. The summed E-state index contributed by atoms with van der Waals surface area (Å²) >= 11 is 0. The molecule has 2 heterocycles. The topological polar surface area (TPSA) is 69.7 Å². The van der Waals surface area contributed by atoms with E-state index in [4.69, 9.17) is 0 Å². The Hall–Kier alpha value is -2.59. The SMILES string of the molecule is CS(=O)(=O)N[C@@H]1[C@H](Cc2cccc(-c3ccccc3)c2F)N(C(=O)N2CC(F)(F)C2)CC12CC2. The number of halogens is 3. The van der Waals surface area contributed by atoms with E-state index >= 15 is 4.39 Å². The lowest BCUT2D eigenvalue weighted by Gasteiger charge is -2.42. The van der Waals surface area contributed by atoms with Crippen LogP contribution in [0.1, 0.15) is 18.4 Å². The maximum absolute atomic E-state index is 15.6. The van der Waals surface area contributed by atoms with Crippen LogP contribution in [0.4, 0.5) is 18.0 Å². The Bertz CT molecular complexity index is 1210. The highest BCUT2D eigenvalue weighted by Gasteiger charge is 2.62. The third-order valence-corrected chi connectivity index (χ3v) is 7.80. The number of amides is 2. The van der Waals surface area contributed by atoms with Crippen LogP contribution in [-0.4, -0.2) is 68.1 Å². The molecular formula is C24H26F3N3O3S. The molecule has 0 aromatic heterocycles. The predicted molar refractivity (Wildman–Crippen MR) is 121 cm³/mol. The summed E-state index contributed by atoms with van der Waals surface area (Å²) in [5.74, 6) is -3.35. The van der Waals surface area contributed by atoms with Gasteiger partial charge in [-0.25, -0.2) is 31.1 Å². The number of urea groups is 1. The van der Waals surface area contributed by atoms with E-state index in [1.54, 1.807) is 30.3 Å². The lowest BCUT2D eigenvalue weighted by Crippen LogP contribution is -2.62. The first-order chi connectivity index (χ1) is 16.0. The highest BCUT2D eigenvalue weighted by molar-refractivity contribution is 7.88. The molecule has 10 heteroatoms. The minimum Gasteiger partial charge on any atom is -0.319 e. The number of rotatable bonds is 5. The number of hydrogen-bond acceptors (Lipinski definition) is 3. The van der Waals surface area contributed by atoms with Gasteiger partial charge in [0, 0.05) is 23.6 Å². The van der Waals surface area contributed by atoms with E-state index in [1.165, 1.54) is 4.90 Å². The van der Waals surface area contributed by atoms with Crippen molar-refractivity contribution in [1.82, 2.24) is 14.5 Å². The van der Waals surface area contributed by atoms with Crippen LogP contribution in [-0.2, 0) is 16.4 Å². The Balaban J connectivity index is 1.49. The number of hydrogen-bond donors (Lipinski definition) is 1. The second kappa shape index (κ2) is 7.98. The van der Waals surface area contributed by atoms with Crippen LogP contribution in [0.2, 0.25) is 0 Å². The molecule has 182 valence electrons. The van der Waals surface area contributed by atoms with Gasteiger partial charge in [0.05, 0.1) is 25.4 Å². The van der Waals surface area contributed by atoms with Gasteiger partial charge in [-0.1, -0.05) is 48.5 Å². The second-order valence-corrected chi connectivity index (χ2v) is 11.5. The third-order valence-electron chi connectivity index (χ3n) is 7.12. The number of nitrogens with one attached hydrogen (secondary N) is 1. The first-order valence-electron chi connectivity index (χ1n) is 11.2. The summed E-state index contributed by atoms with van der Waals surface area (Å²) in [6.45, 7) is -1.07. The van der Waals surface area contributed by atoms with E-state index in [1.807, 2.05) is 18.2 Å². The Morgan fingerprint density at radius 3 is 2.32 bits per heavy atom. The lowest BCUT2D eigenvalue weighted by atomic mass is 9.91. The van der Waals surface area contributed by atoms with Gasteiger partial charge in [-0.05, 0) is 30.4 Å². The summed E-state index contributed by atoms with van der Waals surface area (Å²) in [4.78, 5) is 15.7. The van der Waals surface area contributed by atoms with Gasteiger partial charge in [0.25, 0.3) is 5.92 Å². The molecule has 5 rings (SSSR count). The molecule has 2 aromatic carbocycles. The first-order valence-corrected chi connectivity index (χ1v) is 13.1. The quantitative estimate of drug-likeness (QED) is 0.694. The number of nitrogens with zero attached hydrogens (tertiary/aromatic N) is 2. The molecule has 2 amide bonds. The maximum Gasteiger partial charge on any atom is 0.320 e. The molecule has 1 spiro atoms. The monoisotopic (exact) mass is 493 g/mol. The van der Waals surface area contributed by atoms with Crippen molar-refractivity contribution in [1.29, 1.82) is 0 Å². The molecule has 2 aromatic rings. The van der Waals surface area contributed by atoms with Crippen molar-refractivity contribution >= 4 is 16.1 Å². The fraction of sp³-hybridized carbons (Fsp3) is 0.458. The smallest absolute Gasteiger partial charge is 0.319 e. The zero-order chi connectivity index (χ0) is 24.3. The largest absolute Gasteiger partial charge is 0.320 e. The van der Waals surface area contributed by atoms with E-state index in [0.717, 1.165) is 11.2 Å². The zero-order valence-electron chi connectivity index (χ0n) is 18.7. The molecule has 3 aliphatic rings. The average molecular weight is 494 g/mol. The first kappa shape index (κ1) is 23.2. The molecule has 2 atom stereocenters. The molecule has 34 heavy (non-hydrogen) atoms. The van der Waals surface area contributed by atoms with Crippen LogP contribution in [0.5, 0.6) is 0 Å². The van der Waals surface area contributed by atoms with Crippen LogP contribution in [0.25, 0.3) is 11.1 Å². The van der Waals surface area contributed by atoms with Crippen LogP contribution >= 0.6 is 0 Å². The van der Waals surface area contributed by atoms with Crippen molar-refractivity contribution in [3.63, 3.8) is 0 Å². The van der Waals surface area contributed by atoms with Gasteiger partial charge in [0.2, 0.25) is 10.0 Å². The number of sulfonamides is 1. The Kier molecular flexibility index (Phi) is 5.44. The van der Waals surface area contributed by atoms with Crippen molar-refractivity contribution in [3.05, 3.63) is 59.9 Å². The van der Waals surface area contributed by atoms with Crippen molar-refractivity contribution in [2.75, 3.05) is 25.9 Å². The minimum absolute atomic E-state index is 0.0669. The van der Waals surface area contributed by atoms with Crippen molar-refractivity contribution in [2.24, 2.45) is 5.41 Å². The Labute approximate surface area is 196 Å². The van der Waals surface area contributed by atoms with Gasteiger partial charge in [-0.3, -0.25) is 0 Å². The Morgan fingerprint density at radius 1 is 1.06 bits per heavy atom. The summed E-state index contributed by atoms with van der Waals surface area (Å²) in [5.41, 5.74) is 0.999. The highest BCUT2D eigenvalue weighted by atomic mass is 32.2. The number of carbonyl (C=O) groups excluding carboxylic acids is 1. The molecule has 1 saturated carbocycles. The van der Waals surface area contributed by atoms with Gasteiger partial charge < -0.3 is 9.80 Å². The molecule has 0 unspecified atom stereocenters. The van der Waals surface area contributed by atoms with E-state index in [9.17, 15) is 22.0 Å². The number of alkyl halides is 2. The normalized spacial score (nSPS) is 24.8. The zero-order valence-corrected chi connectivity index (χ0v) is 19.5. The standard InChI is InChI=1S/C24H26F3N3O3S/c1-34(32,33)28-21-19(12-17-8-5-9-18(20(17)25)16-6-3-2-4-7-16)30(13-23(21)10-11-23)22(31)29-14-24(26,27)15-29/h2-9,19,21,28H,10-15H2,1H3/t19-,21+/m0/s1. The highest BCUT2D eigenvalue weighted by Crippen LogP contribution is 2.56. The van der Waals surface area contributed by atoms with E-state index in [2.05, 4.69) is 4.72 Å². The summed E-state index contributed by atoms with van der Waals surface area (Å²) < 4.78 is 69.5. The molecule has 1 aliphatic carbocycles. The molecule has 0 radical (unpaired) electrons. The van der Waals surface area contributed by atoms with Gasteiger partial charge in [0.15, 0.2) is 0 Å². The summed E-state index contributed by atoms with van der Waals surface area (Å²) in [6, 6.07) is 12.2. The van der Waals surface area contributed by atoms with Crippen LogP contribution in [0, 0.1) is 11.2 Å². The van der Waals surface area contributed by atoms with Crippen molar-refractivity contribution in [2.45, 2.75) is 37.3 Å². The summed E-state index contributed by atoms with van der Waals surface area (Å²) in [5, 5.41) is 0. The van der Waals surface area contributed by atoms with Crippen LogP contribution < -0.4 is 4.72 Å². The van der Waals surface area contributed by atoms with Gasteiger partial charge >= 0.3 is 6.03 Å². The molecule has 1 N–H and O–H groups in total. The van der Waals surface area contributed by atoms with Gasteiger partial charge in [0.1, 0.15) is 5.82 Å².